The molecule has 0 bridgehead atoms. The monoisotopic (exact) mass is 219 g/mol. The van der Waals surface area contributed by atoms with Crippen LogP contribution in [0.15, 0.2) is 23.4 Å². The fourth-order valence-corrected chi connectivity index (χ4v) is 1.56. The van der Waals surface area contributed by atoms with Gasteiger partial charge in [0.25, 0.3) is 0 Å². The lowest BCUT2D eigenvalue weighted by atomic mass is 10.1. The van der Waals surface area contributed by atoms with E-state index in [1.165, 1.54) is 0 Å². The van der Waals surface area contributed by atoms with Gasteiger partial charge in [0.1, 0.15) is 11.4 Å². The lowest BCUT2D eigenvalue weighted by Crippen LogP contribution is -2.12. The highest BCUT2D eigenvalue weighted by Crippen LogP contribution is 2.13. The zero-order chi connectivity index (χ0) is 11.5. The zero-order valence-corrected chi connectivity index (χ0v) is 8.96. The molecule has 84 valence electrons. The first-order chi connectivity index (χ1) is 7.70. The predicted molar refractivity (Wildman–Crippen MR) is 60.2 cm³/mol. The molecule has 1 aromatic carbocycles. The largest absolute Gasteiger partial charge is 0.409 e. The molecule has 0 aliphatic heterocycles. The fourth-order valence-electron chi connectivity index (χ4n) is 1.56. The standard InChI is InChI=1S/C10H13N5O/c1-15-9-4-2-7(3-5-10(11)13-16)6-8(9)12-14-15/h2,4,6,16H,3,5H2,1H3,(H2,11,13). The Morgan fingerprint density at radius 2 is 2.38 bits per heavy atom. The quantitative estimate of drug-likeness (QED) is 0.343. The third kappa shape index (κ3) is 1.95. The van der Waals surface area contributed by atoms with Gasteiger partial charge in [-0.15, -0.1) is 5.10 Å². The molecule has 6 heteroatoms. The molecule has 0 spiro atoms. The molecule has 1 heterocycles. The van der Waals surface area contributed by atoms with Gasteiger partial charge in [0.15, 0.2) is 0 Å². The van der Waals surface area contributed by atoms with Gasteiger partial charge in [-0.1, -0.05) is 16.4 Å². The van der Waals surface area contributed by atoms with E-state index in [2.05, 4.69) is 15.5 Å². The first kappa shape index (κ1) is 10.4. The molecule has 1 aromatic heterocycles. The number of aryl methyl sites for hydroxylation is 2. The van der Waals surface area contributed by atoms with E-state index in [4.69, 9.17) is 10.9 Å². The summed E-state index contributed by atoms with van der Waals surface area (Å²) in [4.78, 5) is 0. The Morgan fingerprint density at radius 1 is 1.56 bits per heavy atom. The molecular weight excluding hydrogens is 206 g/mol. The molecule has 0 unspecified atom stereocenters. The molecule has 0 saturated carbocycles. The van der Waals surface area contributed by atoms with Crippen LogP contribution in [-0.2, 0) is 13.5 Å². The second-order valence-corrected chi connectivity index (χ2v) is 3.63. The molecule has 3 N–H and O–H groups in total. The van der Waals surface area contributed by atoms with Crippen molar-refractivity contribution in [3.63, 3.8) is 0 Å². The third-order valence-corrected chi connectivity index (χ3v) is 2.47. The molecule has 0 aliphatic rings. The number of nitrogens with two attached hydrogens (primary N) is 1. The van der Waals surface area contributed by atoms with Crippen LogP contribution in [0.5, 0.6) is 0 Å². The van der Waals surface area contributed by atoms with Gasteiger partial charge in [-0.2, -0.15) is 0 Å². The highest BCUT2D eigenvalue weighted by Gasteiger charge is 2.03. The van der Waals surface area contributed by atoms with Gasteiger partial charge in [-0.25, -0.2) is 4.68 Å². The van der Waals surface area contributed by atoms with Crippen molar-refractivity contribution in [1.29, 1.82) is 0 Å². The predicted octanol–water partition coefficient (Wildman–Crippen LogP) is 0.647. The van der Waals surface area contributed by atoms with Crippen LogP contribution >= 0.6 is 0 Å². The van der Waals surface area contributed by atoms with E-state index in [0.717, 1.165) is 23.0 Å². The Morgan fingerprint density at radius 3 is 3.12 bits per heavy atom. The van der Waals surface area contributed by atoms with Crippen LogP contribution in [0.4, 0.5) is 0 Å². The molecule has 0 fully saturated rings. The summed E-state index contributed by atoms with van der Waals surface area (Å²) < 4.78 is 1.72. The molecule has 2 rings (SSSR count). The Kier molecular flexibility index (Phi) is 2.72. The number of rotatable bonds is 3. The number of amidine groups is 1. The molecule has 16 heavy (non-hydrogen) atoms. The maximum absolute atomic E-state index is 8.43. The highest BCUT2D eigenvalue weighted by atomic mass is 16.4. The maximum atomic E-state index is 8.43. The van der Waals surface area contributed by atoms with Crippen molar-refractivity contribution in [3.05, 3.63) is 23.8 Å². The van der Waals surface area contributed by atoms with E-state index in [-0.39, 0.29) is 5.84 Å². The first-order valence-electron chi connectivity index (χ1n) is 4.95. The molecule has 2 aromatic rings. The minimum absolute atomic E-state index is 0.235. The van der Waals surface area contributed by atoms with Crippen LogP contribution in [0, 0.1) is 0 Å². The summed E-state index contributed by atoms with van der Waals surface area (Å²) in [6.07, 6.45) is 1.25. The van der Waals surface area contributed by atoms with Crippen molar-refractivity contribution in [2.45, 2.75) is 12.8 Å². The summed E-state index contributed by atoms with van der Waals surface area (Å²) in [5.74, 6) is 0.235. The maximum Gasteiger partial charge on any atom is 0.139 e. The number of benzene rings is 1. The molecule has 0 saturated heterocycles. The topological polar surface area (TPSA) is 89.3 Å². The Labute approximate surface area is 92.4 Å². The van der Waals surface area contributed by atoms with Crippen LogP contribution in [-0.4, -0.2) is 26.0 Å². The summed E-state index contributed by atoms with van der Waals surface area (Å²) in [5, 5.41) is 19.3. The van der Waals surface area contributed by atoms with E-state index in [1.807, 2.05) is 25.2 Å². The normalized spacial score (nSPS) is 12.2. The van der Waals surface area contributed by atoms with Crippen molar-refractivity contribution >= 4 is 16.9 Å². The Hall–Kier alpha value is -2.11. The number of fused-ring (bicyclic) bond motifs is 1. The van der Waals surface area contributed by atoms with Gasteiger partial charge in [0.05, 0.1) is 5.52 Å². The van der Waals surface area contributed by atoms with E-state index in [1.54, 1.807) is 4.68 Å². The number of nitrogens with zero attached hydrogens (tertiary/aromatic N) is 4. The van der Waals surface area contributed by atoms with Crippen molar-refractivity contribution in [3.8, 4) is 0 Å². The smallest absolute Gasteiger partial charge is 0.139 e. The van der Waals surface area contributed by atoms with E-state index >= 15 is 0 Å². The number of hydrogen-bond acceptors (Lipinski definition) is 4. The molecule has 0 amide bonds. The van der Waals surface area contributed by atoms with Gasteiger partial charge in [0.2, 0.25) is 0 Å². The summed E-state index contributed by atoms with van der Waals surface area (Å²) in [7, 11) is 1.85. The Bertz CT molecular complexity index is 531. The molecule has 0 aliphatic carbocycles. The Balaban J connectivity index is 2.20. The summed E-state index contributed by atoms with van der Waals surface area (Å²) in [6, 6.07) is 5.93. The fraction of sp³-hybridized carbons (Fsp3) is 0.300. The highest BCUT2D eigenvalue weighted by molar-refractivity contribution is 5.80. The van der Waals surface area contributed by atoms with Gasteiger partial charge >= 0.3 is 0 Å². The summed E-state index contributed by atoms with van der Waals surface area (Å²) in [6.45, 7) is 0. The van der Waals surface area contributed by atoms with Crippen LogP contribution in [0.25, 0.3) is 11.0 Å². The zero-order valence-electron chi connectivity index (χ0n) is 8.96. The van der Waals surface area contributed by atoms with Gasteiger partial charge in [-0.05, 0) is 24.1 Å². The van der Waals surface area contributed by atoms with E-state index < -0.39 is 0 Å². The third-order valence-electron chi connectivity index (χ3n) is 2.47. The summed E-state index contributed by atoms with van der Waals surface area (Å²) >= 11 is 0. The van der Waals surface area contributed by atoms with Gasteiger partial charge in [0, 0.05) is 13.5 Å². The van der Waals surface area contributed by atoms with Crippen LogP contribution in [0.2, 0.25) is 0 Å². The van der Waals surface area contributed by atoms with Crippen LogP contribution < -0.4 is 5.73 Å². The number of aromatic nitrogens is 3. The molecule has 0 atom stereocenters. The summed E-state index contributed by atoms with van der Waals surface area (Å²) in [5.41, 5.74) is 8.36. The second-order valence-electron chi connectivity index (χ2n) is 3.63. The minimum Gasteiger partial charge on any atom is -0.409 e. The average molecular weight is 219 g/mol. The lowest BCUT2D eigenvalue weighted by Gasteiger charge is -2.00. The van der Waals surface area contributed by atoms with E-state index in [9.17, 15) is 0 Å². The van der Waals surface area contributed by atoms with Crippen molar-refractivity contribution in [1.82, 2.24) is 15.0 Å². The number of hydrogen-bond donors (Lipinski definition) is 2. The van der Waals surface area contributed by atoms with Crippen molar-refractivity contribution < 1.29 is 5.21 Å². The molecule has 0 radical (unpaired) electrons. The first-order valence-corrected chi connectivity index (χ1v) is 4.95. The van der Waals surface area contributed by atoms with Crippen molar-refractivity contribution in [2.75, 3.05) is 0 Å². The van der Waals surface area contributed by atoms with Gasteiger partial charge in [-0.3, -0.25) is 0 Å². The van der Waals surface area contributed by atoms with Crippen LogP contribution in [0.1, 0.15) is 12.0 Å². The van der Waals surface area contributed by atoms with Gasteiger partial charge < -0.3 is 10.9 Å². The number of oxime groups is 1. The second kappa shape index (κ2) is 4.18. The molecule has 6 nitrogen and oxygen atoms in total. The SMILES string of the molecule is Cn1nnc2cc(CC/C(N)=N/O)ccc21. The van der Waals surface area contributed by atoms with Crippen LogP contribution in [0.3, 0.4) is 0 Å². The molecular formula is C10H13N5O. The minimum atomic E-state index is 0.235. The average Bonchev–Trinajstić information content (AvgIpc) is 2.67. The van der Waals surface area contributed by atoms with Crippen molar-refractivity contribution in [2.24, 2.45) is 17.9 Å². The van der Waals surface area contributed by atoms with E-state index in [0.29, 0.717) is 6.42 Å². The lowest BCUT2D eigenvalue weighted by molar-refractivity contribution is 0.317.